The Kier molecular flexibility index (Phi) is 5.89. The first-order valence-electron chi connectivity index (χ1n) is 9.81. The first-order valence-corrected chi connectivity index (χ1v) is 9.81. The van der Waals surface area contributed by atoms with Crippen molar-refractivity contribution in [3.05, 3.63) is 47.8 Å². The fraction of sp³-hybridized carbons (Fsp3) is 0.409. The highest BCUT2D eigenvalue weighted by molar-refractivity contribution is 5.99. The van der Waals surface area contributed by atoms with E-state index in [0.717, 1.165) is 18.2 Å². The number of carbonyl (C=O) groups excluding carboxylic acids is 1. The Morgan fingerprint density at radius 3 is 2.42 bits per heavy atom. The van der Waals surface area contributed by atoms with Gasteiger partial charge in [0.15, 0.2) is 0 Å². The molecule has 1 atom stereocenters. The predicted octanol–water partition coefficient (Wildman–Crippen LogP) is 4.22. The number of anilines is 1. The summed E-state index contributed by atoms with van der Waals surface area (Å²) >= 11 is 0. The van der Waals surface area contributed by atoms with Gasteiger partial charge in [-0.05, 0) is 51.8 Å². The number of nitrogens with zero attached hydrogens (tertiary/aromatic N) is 2. The number of aromatic nitrogens is 1. The van der Waals surface area contributed by atoms with E-state index in [2.05, 4.69) is 10.3 Å². The van der Waals surface area contributed by atoms with Crippen molar-refractivity contribution >= 4 is 17.7 Å². The molecule has 1 aromatic carbocycles. The fourth-order valence-corrected chi connectivity index (χ4v) is 3.68. The minimum Gasteiger partial charge on any atom is -0.478 e. The van der Waals surface area contributed by atoms with Crippen molar-refractivity contribution in [3.63, 3.8) is 0 Å². The summed E-state index contributed by atoms with van der Waals surface area (Å²) in [5.74, 6) is -2.77. The summed E-state index contributed by atoms with van der Waals surface area (Å²) in [6.07, 6.45) is 2.53. The number of carbonyl (C=O) groups is 2. The molecule has 1 aromatic heterocycles. The number of pyridine rings is 1. The number of halogens is 2. The van der Waals surface area contributed by atoms with E-state index in [9.17, 15) is 23.5 Å². The number of carboxylic acid groups (broad SMARTS) is 1. The number of ether oxygens (including phenoxy) is 1. The van der Waals surface area contributed by atoms with E-state index in [1.54, 1.807) is 25.7 Å². The Morgan fingerprint density at radius 1 is 1.19 bits per heavy atom. The van der Waals surface area contributed by atoms with Gasteiger partial charge in [-0.2, -0.15) is 0 Å². The summed E-state index contributed by atoms with van der Waals surface area (Å²) in [6, 6.07) is 3.00. The average molecular weight is 433 g/mol. The molecule has 1 amide bonds. The van der Waals surface area contributed by atoms with Crippen molar-refractivity contribution in [1.29, 1.82) is 0 Å². The molecule has 2 heterocycles. The fourth-order valence-electron chi connectivity index (χ4n) is 3.68. The normalized spacial score (nSPS) is 18.7. The van der Waals surface area contributed by atoms with E-state index >= 15 is 0 Å². The van der Waals surface area contributed by atoms with Crippen LogP contribution in [0.1, 0.15) is 44.5 Å². The first kappa shape index (κ1) is 22.5. The summed E-state index contributed by atoms with van der Waals surface area (Å²) < 4.78 is 33.0. The molecule has 9 heteroatoms. The highest BCUT2D eigenvalue weighted by Gasteiger charge is 2.38. The zero-order valence-electron chi connectivity index (χ0n) is 17.8. The Hall–Kier alpha value is -3.23. The van der Waals surface area contributed by atoms with Crippen LogP contribution in [-0.2, 0) is 4.74 Å². The van der Waals surface area contributed by atoms with Gasteiger partial charge in [0.1, 0.15) is 22.8 Å². The lowest BCUT2D eigenvalue weighted by Crippen LogP contribution is -2.49. The van der Waals surface area contributed by atoms with Gasteiger partial charge in [-0.3, -0.25) is 4.98 Å². The second-order valence-corrected chi connectivity index (χ2v) is 8.91. The van der Waals surface area contributed by atoms with Crippen LogP contribution in [0.2, 0.25) is 0 Å². The Bertz CT molecular complexity index is 1000. The largest absolute Gasteiger partial charge is 0.478 e. The third-order valence-electron chi connectivity index (χ3n) is 4.91. The van der Waals surface area contributed by atoms with Crippen LogP contribution in [0.3, 0.4) is 0 Å². The van der Waals surface area contributed by atoms with E-state index in [-0.39, 0.29) is 17.7 Å². The number of alkyl carbamates (subject to hydrolysis) is 1. The molecule has 0 bridgehead atoms. The average Bonchev–Trinajstić information content (AvgIpc) is 2.99. The van der Waals surface area contributed by atoms with Gasteiger partial charge in [0.05, 0.1) is 11.2 Å². The third kappa shape index (κ3) is 5.28. The molecular formula is C22H25F2N3O4. The number of hydrogen-bond acceptors (Lipinski definition) is 5. The number of aromatic carboxylic acids is 1. The van der Waals surface area contributed by atoms with Crippen LogP contribution in [0.4, 0.5) is 19.3 Å². The molecule has 1 unspecified atom stereocenters. The second kappa shape index (κ2) is 8.13. The van der Waals surface area contributed by atoms with Crippen molar-refractivity contribution in [2.75, 3.05) is 18.0 Å². The second-order valence-electron chi connectivity index (χ2n) is 8.91. The van der Waals surface area contributed by atoms with Gasteiger partial charge in [0, 0.05) is 37.1 Å². The molecule has 31 heavy (non-hydrogen) atoms. The van der Waals surface area contributed by atoms with Crippen LogP contribution in [0, 0.1) is 11.6 Å². The van der Waals surface area contributed by atoms with Crippen molar-refractivity contribution in [2.45, 2.75) is 45.3 Å². The molecule has 2 N–H and O–H groups in total. The van der Waals surface area contributed by atoms with E-state index in [1.807, 2.05) is 6.92 Å². The number of nitrogens with one attached hydrogen (secondary N) is 1. The molecule has 1 fully saturated rings. The monoisotopic (exact) mass is 433 g/mol. The SMILES string of the molecule is CC1(NC(=O)OC(C)(C)C)CCN(c2c(C(=O)O)cncc2-c2cc(F)cc(F)c2)C1. The molecule has 0 aliphatic carbocycles. The maximum Gasteiger partial charge on any atom is 0.408 e. The number of rotatable bonds is 4. The quantitative estimate of drug-likeness (QED) is 0.750. The molecule has 0 saturated carbocycles. The van der Waals surface area contributed by atoms with Crippen LogP contribution < -0.4 is 10.2 Å². The third-order valence-corrected chi connectivity index (χ3v) is 4.91. The zero-order valence-corrected chi connectivity index (χ0v) is 17.8. The van der Waals surface area contributed by atoms with E-state index in [1.165, 1.54) is 12.4 Å². The van der Waals surface area contributed by atoms with Gasteiger partial charge in [-0.25, -0.2) is 18.4 Å². The number of amides is 1. The van der Waals surface area contributed by atoms with Crippen molar-refractivity contribution in [3.8, 4) is 11.1 Å². The maximum atomic E-state index is 13.8. The Labute approximate surface area is 179 Å². The lowest BCUT2D eigenvalue weighted by Gasteiger charge is -2.30. The molecule has 7 nitrogen and oxygen atoms in total. The topological polar surface area (TPSA) is 91.8 Å². The maximum absolute atomic E-state index is 13.8. The zero-order chi connectivity index (χ0) is 23.0. The smallest absolute Gasteiger partial charge is 0.408 e. The number of benzene rings is 1. The summed E-state index contributed by atoms with van der Waals surface area (Å²) in [6.45, 7) is 7.81. The molecule has 0 radical (unpaired) electrons. The van der Waals surface area contributed by atoms with Crippen LogP contribution >= 0.6 is 0 Å². The summed E-state index contributed by atoms with van der Waals surface area (Å²) in [7, 11) is 0. The standard InChI is InChI=1S/C22H25F2N3O4/c1-21(2,3)31-20(30)26-22(4)5-6-27(12-22)18-16(10-25-11-17(18)19(28)29)13-7-14(23)9-15(24)8-13/h7-11H,5-6,12H2,1-4H3,(H,26,30)(H,28,29). The van der Waals surface area contributed by atoms with Gasteiger partial charge in [0.25, 0.3) is 0 Å². The number of carboxylic acids is 1. The minimum atomic E-state index is -1.21. The van der Waals surface area contributed by atoms with Crippen molar-refractivity contribution in [2.24, 2.45) is 0 Å². The molecule has 0 spiro atoms. The Morgan fingerprint density at radius 2 is 1.84 bits per heavy atom. The van der Waals surface area contributed by atoms with Crippen LogP contribution in [0.25, 0.3) is 11.1 Å². The summed E-state index contributed by atoms with van der Waals surface area (Å²) in [4.78, 5) is 29.9. The summed E-state index contributed by atoms with van der Waals surface area (Å²) in [5.41, 5.74) is -0.677. The highest BCUT2D eigenvalue weighted by atomic mass is 19.1. The van der Waals surface area contributed by atoms with E-state index in [4.69, 9.17) is 4.74 Å². The lowest BCUT2D eigenvalue weighted by atomic mass is 10.0. The van der Waals surface area contributed by atoms with Crippen LogP contribution in [0.15, 0.2) is 30.6 Å². The van der Waals surface area contributed by atoms with Crippen LogP contribution in [-0.4, -0.2) is 46.4 Å². The van der Waals surface area contributed by atoms with Gasteiger partial charge >= 0.3 is 12.1 Å². The molecule has 1 aliphatic heterocycles. The van der Waals surface area contributed by atoms with Gasteiger partial charge < -0.3 is 20.1 Å². The van der Waals surface area contributed by atoms with Crippen molar-refractivity contribution in [1.82, 2.24) is 10.3 Å². The molecule has 1 aliphatic rings. The van der Waals surface area contributed by atoms with Crippen LogP contribution in [0.5, 0.6) is 0 Å². The summed E-state index contributed by atoms with van der Waals surface area (Å²) in [5, 5.41) is 12.6. The minimum absolute atomic E-state index is 0.0938. The lowest BCUT2D eigenvalue weighted by molar-refractivity contribution is 0.0472. The highest BCUT2D eigenvalue weighted by Crippen LogP contribution is 2.38. The molecule has 2 aromatic rings. The predicted molar refractivity (Wildman–Crippen MR) is 111 cm³/mol. The van der Waals surface area contributed by atoms with Gasteiger partial charge in [0.2, 0.25) is 0 Å². The molecule has 3 rings (SSSR count). The van der Waals surface area contributed by atoms with Gasteiger partial charge in [-0.15, -0.1) is 0 Å². The van der Waals surface area contributed by atoms with E-state index < -0.39 is 34.8 Å². The number of hydrogen-bond donors (Lipinski definition) is 2. The Balaban J connectivity index is 1.97. The van der Waals surface area contributed by atoms with Gasteiger partial charge in [-0.1, -0.05) is 0 Å². The molecular weight excluding hydrogens is 408 g/mol. The molecule has 1 saturated heterocycles. The van der Waals surface area contributed by atoms with E-state index in [0.29, 0.717) is 24.2 Å². The molecule has 166 valence electrons. The first-order chi connectivity index (χ1) is 14.4. The van der Waals surface area contributed by atoms with Crippen molar-refractivity contribution < 1.29 is 28.2 Å².